The van der Waals surface area contributed by atoms with Crippen LogP contribution in [0.4, 0.5) is 0 Å². The minimum absolute atomic E-state index is 0.171. The van der Waals surface area contributed by atoms with E-state index in [-0.39, 0.29) is 5.91 Å². The number of hydrogen-bond acceptors (Lipinski definition) is 3. The van der Waals surface area contributed by atoms with Crippen LogP contribution in [0.5, 0.6) is 0 Å². The first-order valence-electron chi connectivity index (χ1n) is 7.05. The highest BCUT2D eigenvalue weighted by Gasteiger charge is 2.22. The van der Waals surface area contributed by atoms with Crippen LogP contribution in [0.2, 0.25) is 0 Å². The van der Waals surface area contributed by atoms with Crippen molar-refractivity contribution >= 4 is 5.91 Å². The number of fused-ring (bicyclic) bond motifs is 1. The van der Waals surface area contributed by atoms with Gasteiger partial charge in [-0.05, 0) is 36.6 Å². The Morgan fingerprint density at radius 2 is 2.21 bits per heavy atom. The first-order chi connectivity index (χ1) is 9.36. The maximum atomic E-state index is 12.7. The molecule has 1 saturated heterocycles. The molecule has 1 aromatic carbocycles. The van der Waals surface area contributed by atoms with Gasteiger partial charge in [0.05, 0.1) is 6.61 Å². The number of nitrogens with one attached hydrogen (secondary N) is 1. The second-order valence-corrected chi connectivity index (χ2v) is 5.13. The Kier molecular flexibility index (Phi) is 3.80. The standard InChI is InChI=1S/C15H20N2O2/c18-15(17-7-2-9-19-10-8-17)14-4-1-3-12-11-16-6-5-13(12)14/h1,3-4,16H,2,5-11H2. The molecule has 4 heteroatoms. The van der Waals surface area contributed by atoms with Gasteiger partial charge in [0.1, 0.15) is 0 Å². The monoisotopic (exact) mass is 260 g/mol. The molecule has 0 aromatic heterocycles. The van der Waals surface area contributed by atoms with Gasteiger partial charge >= 0.3 is 0 Å². The molecule has 0 bridgehead atoms. The number of rotatable bonds is 1. The highest BCUT2D eigenvalue weighted by molar-refractivity contribution is 5.96. The van der Waals surface area contributed by atoms with Crippen LogP contribution in [0.25, 0.3) is 0 Å². The largest absolute Gasteiger partial charge is 0.380 e. The minimum atomic E-state index is 0.171. The van der Waals surface area contributed by atoms with E-state index in [0.717, 1.165) is 44.6 Å². The van der Waals surface area contributed by atoms with E-state index in [1.807, 2.05) is 17.0 Å². The molecule has 0 aliphatic carbocycles. The molecule has 0 saturated carbocycles. The maximum absolute atomic E-state index is 12.7. The number of hydrogen-bond donors (Lipinski definition) is 1. The van der Waals surface area contributed by atoms with Gasteiger partial charge in [-0.15, -0.1) is 0 Å². The summed E-state index contributed by atoms with van der Waals surface area (Å²) < 4.78 is 5.42. The smallest absolute Gasteiger partial charge is 0.254 e. The van der Waals surface area contributed by atoms with Gasteiger partial charge in [0.2, 0.25) is 0 Å². The van der Waals surface area contributed by atoms with Crippen molar-refractivity contribution in [3.63, 3.8) is 0 Å². The van der Waals surface area contributed by atoms with Gasteiger partial charge in [0.15, 0.2) is 0 Å². The highest BCUT2D eigenvalue weighted by atomic mass is 16.5. The van der Waals surface area contributed by atoms with Gasteiger partial charge in [-0.3, -0.25) is 4.79 Å². The zero-order valence-corrected chi connectivity index (χ0v) is 11.2. The van der Waals surface area contributed by atoms with Crippen LogP contribution >= 0.6 is 0 Å². The average molecular weight is 260 g/mol. The van der Waals surface area contributed by atoms with Crippen molar-refractivity contribution in [2.45, 2.75) is 19.4 Å². The lowest BCUT2D eigenvalue weighted by Gasteiger charge is -2.24. The predicted molar refractivity (Wildman–Crippen MR) is 73.2 cm³/mol. The van der Waals surface area contributed by atoms with Crippen LogP contribution in [0, 0.1) is 0 Å². The molecule has 3 rings (SSSR count). The summed E-state index contributed by atoms with van der Waals surface area (Å²) in [6, 6.07) is 6.08. The van der Waals surface area contributed by atoms with Gasteiger partial charge in [0, 0.05) is 31.8 Å². The van der Waals surface area contributed by atoms with E-state index in [2.05, 4.69) is 11.4 Å². The molecular weight excluding hydrogens is 240 g/mol. The van der Waals surface area contributed by atoms with Crippen molar-refractivity contribution in [2.75, 3.05) is 32.8 Å². The summed E-state index contributed by atoms with van der Waals surface area (Å²) in [5.74, 6) is 0.171. The molecule has 2 aliphatic heterocycles. The second kappa shape index (κ2) is 5.72. The van der Waals surface area contributed by atoms with Crippen molar-refractivity contribution in [3.05, 3.63) is 34.9 Å². The number of ether oxygens (including phenoxy) is 1. The molecule has 102 valence electrons. The number of benzene rings is 1. The first-order valence-corrected chi connectivity index (χ1v) is 7.05. The van der Waals surface area contributed by atoms with Gasteiger partial charge in [-0.1, -0.05) is 12.1 Å². The van der Waals surface area contributed by atoms with E-state index >= 15 is 0 Å². The van der Waals surface area contributed by atoms with Crippen molar-refractivity contribution < 1.29 is 9.53 Å². The summed E-state index contributed by atoms with van der Waals surface area (Å²) in [6.45, 7) is 4.77. The van der Waals surface area contributed by atoms with E-state index in [1.165, 1.54) is 11.1 Å². The number of nitrogens with zero attached hydrogens (tertiary/aromatic N) is 1. The molecule has 2 heterocycles. The lowest BCUT2D eigenvalue weighted by atomic mass is 9.94. The van der Waals surface area contributed by atoms with Crippen LogP contribution in [0.3, 0.4) is 0 Å². The topological polar surface area (TPSA) is 41.6 Å². The SMILES string of the molecule is O=C(c1cccc2c1CCNC2)N1CCCOCC1. The van der Waals surface area contributed by atoms with E-state index in [0.29, 0.717) is 13.2 Å². The van der Waals surface area contributed by atoms with E-state index in [1.54, 1.807) is 0 Å². The predicted octanol–water partition coefficient (Wildman–Crippen LogP) is 1.19. The van der Waals surface area contributed by atoms with E-state index in [4.69, 9.17) is 4.74 Å². The molecule has 0 unspecified atom stereocenters. The third kappa shape index (κ3) is 2.65. The second-order valence-electron chi connectivity index (χ2n) is 5.13. The Bertz CT molecular complexity index is 465. The van der Waals surface area contributed by atoms with Gasteiger partial charge in [-0.2, -0.15) is 0 Å². The fourth-order valence-electron chi connectivity index (χ4n) is 2.85. The fraction of sp³-hybridized carbons (Fsp3) is 0.533. The molecule has 1 amide bonds. The van der Waals surface area contributed by atoms with Crippen LogP contribution in [0.15, 0.2) is 18.2 Å². The van der Waals surface area contributed by atoms with Gasteiger partial charge in [0.25, 0.3) is 5.91 Å². The molecule has 19 heavy (non-hydrogen) atoms. The van der Waals surface area contributed by atoms with Crippen LogP contribution in [-0.4, -0.2) is 43.7 Å². The quantitative estimate of drug-likeness (QED) is 0.825. The van der Waals surface area contributed by atoms with Crippen molar-refractivity contribution in [1.82, 2.24) is 10.2 Å². The van der Waals surface area contributed by atoms with Crippen LogP contribution in [0.1, 0.15) is 27.9 Å². The molecule has 4 nitrogen and oxygen atoms in total. The van der Waals surface area contributed by atoms with Crippen LogP contribution < -0.4 is 5.32 Å². The summed E-state index contributed by atoms with van der Waals surface area (Å²) >= 11 is 0. The number of carbonyl (C=O) groups excluding carboxylic acids is 1. The summed E-state index contributed by atoms with van der Waals surface area (Å²) in [7, 11) is 0. The minimum Gasteiger partial charge on any atom is -0.380 e. The summed E-state index contributed by atoms with van der Waals surface area (Å²) in [5.41, 5.74) is 3.39. The lowest BCUT2D eigenvalue weighted by molar-refractivity contribution is 0.0740. The molecule has 1 N–H and O–H groups in total. The molecule has 0 atom stereocenters. The summed E-state index contributed by atoms with van der Waals surface area (Å²) in [4.78, 5) is 14.6. The first kappa shape index (κ1) is 12.6. The highest BCUT2D eigenvalue weighted by Crippen LogP contribution is 2.20. The van der Waals surface area contributed by atoms with E-state index < -0.39 is 0 Å². The molecule has 1 aromatic rings. The maximum Gasteiger partial charge on any atom is 0.254 e. The summed E-state index contributed by atoms with van der Waals surface area (Å²) in [5, 5.41) is 3.35. The number of amides is 1. The molecule has 2 aliphatic rings. The Morgan fingerprint density at radius 1 is 1.26 bits per heavy atom. The van der Waals surface area contributed by atoms with Crippen molar-refractivity contribution in [1.29, 1.82) is 0 Å². The molecule has 0 radical (unpaired) electrons. The Balaban J connectivity index is 1.86. The molecular formula is C15H20N2O2. The third-order valence-electron chi connectivity index (χ3n) is 3.88. The fourth-order valence-corrected chi connectivity index (χ4v) is 2.85. The third-order valence-corrected chi connectivity index (χ3v) is 3.88. The van der Waals surface area contributed by atoms with Crippen molar-refractivity contribution in [3.8, 4) is 0 Å². The summed E-state index contributed by atoms with van der Waals surface area (Å²) in [6.07, 6.45) is 1.88. The number of carbonyl (C=O) groups is 1. The van der Waals surface area contributed by atoms with Gasteiger partial charge < -0.3 is 15.0 Å². The Morgan fingerprint density at radius 3 is 3.16 bits per heavy atom. The molecule has 1 fully saturated rings. The average Bonchev–Trinajstić information content (AvgIpc) is 2.75. The lowest BCUT2D eigenvalue weighted by Crippen LogP contribution is -2.35. The Hall–Kier alpha value is -1.39. The normalized spacial score (nSPS) is 19.7. The van der Waals surface area contributed by atoms with Gasteiger partial charge in [-0.25, -0.2) is 0 Å². The zero-order chi connectivity index (χ0) is 13.1. The zero-order valence-electron chi connectivity index (χ0n) is 11.2. The Labute approximate surface area is 113 Å². The van der Waals surface area contributed by atoms with E-state index in [9.17, 15) is 4.79 Å². The van der Waals surface area contributed by atoms with Crippen molar-refractivity contribution in [2.24, 2.45) is 0 Å². The molecule has 0 spiro atoms. The van der Waals surface area contributed by atoms with Crippen LogP contribution in [-0.2, 0) is 17.7 Å².